The first-order valence-electron chi connectivity index (χ1n) is 4.83. The second-order valence-corrected chi connectivity index (χ2v) is 3.83. The van der Waals surface area contributed by atoms with Crippen molar-refractivity contribution in [3.63, 3.8) is 0 Å². The summed E-state index contributed by atoms with van der Waals surface area (Å²) in [4.78, 5) is 0. The molecule has 0 saturated carbocycles. The van der Waals surface area contributed by atoms with Crippen molar-refractivity contribution < 1.29 is 17.9 Å². The van der Waals surface area contributed by atoms with Crippen molar-refractivity contribution >= 4 is 11.6 Å². The van der Waals surface area contributed by atoms with Gasteiger partial charge in [-0.25, -0.2) is 0 Å². The predicted octanol–water partition coefficient (Wildman–Crippen LogP) is 4.07. The monoisotopic (exact) mass is 252 g/mol. The molecule has 0 amide bonds. The van der Waals surface area contributed by atoms with Crippen molar-refractivity contribution in [1.82, 2.24) is 0 Å². The van der Waals surface area contributed by atoms with E-state index in [2.05, 4.69) is 4.74 Å². The summed E-state index contributed by atoms with van der Waals surface area (Å²) in [5, 5.41) is 0. The van der Waals surface area contributed by atoms with Crippen LogP contribution in [0.2, 0.25) is 0 Å². The minimum absolute atomic E-state index is 0.127. The van der Waals surface area contributed by atoms with E-state index in [1.165, 1.54) is 6.07 Å². The molecule has 1 aromatic carbocycles. The number of rotatable bonds is 4. The van der Waals surface area contributed by atoms with Crippen LogP contribution in [0.15, 0.2) is 18.2 Å². The molecule has 5 heteroatoms. The molecule has 0 spiro atoms. The van der Waals surface area contributed by atoms with Crippen LogP contribution in [0.25, 0.3) is 0 Å². The number of aryl methyl sites for hydroxylation is 2. The molecule has 0 aliphatic carbocycles. The molecule has 1 aromatic rings. The van der Waals surface area contributed by atoms with Crippen LogP contribution in [-0.4, -0.2) is 12.2 Å². The Hall–Kier alpha value is -0.900. The van der Waals surface area contributed by atoms with Gasteiger partial charge in [-0.15, -0.1) is 24.8 Å². The zero-order chi connectivity index (χ0) is 12.2. The lowest BCUT2D eigenvalue weighted by Crippen LogP contribution is -2.18. The summed E-state index contributed by atoms with van der Waals surface area (Å²) in [5.74, 6) is 0.289. The number of alkyl halides is 4. The highest BCUT2D eigenvalue weighted by Gasteiger charge is 2.32. The average Bonchev–Trinajstić information content (AvgIpc) is 2.14. The fourth-order valence-corrected chi connectivity index (χ4v) is 1.48. The first kappa shape index (κ1) is 13.2. The summed E-state index contributed by atoms with van der Waals surface area (Å²) in [5.41, 5.74) is 1.26. The van der Waals surface area contributed by atoms with Crippen molar-refractivity contribution in [2.45, 2.75) is 26.1 Å². The lowest BCUT2D eigenvalue weighted by molar-refractivity contribution is -0.274. The zero-order valence-corrected chi connectivity index (χ0v) is 9.53. The molecule has 0 heterocycles. The fraction of sp³-hybridized carbons (Fsp3) is 0.455. The molecule has 0 aliphatic heterocycles. The molecule has 0 unspecified atom stereocenters. The van der Waals surface area contributed by atoms with Gasteiger partial charge in [-0.05, 0) is 37.0 Å². The molecule has 0 aromatic heterocycles. The minimum atomic E-state index is -4.65. The number of hydrogen-bond acceptors (Lipinski definition) is 1. The smallest absolute Gasteiger partial charge is 0.405 e. The number of hydrogen-bond donors (Lipinski definition) is 0. The Balaban J connectivity index is 2.89. The Kier molecular flexibility index (Phi) is 4.47. The molecule has 1 nitrogen and oxygen atoms in total. The van der Waals surface area contributed by atoms with Gasteiger partial charge in [0.2, 0.25) is 0 Å². The summed E-state index contributed by atoms with van der Waals surface area (Å²) < 4.78 is 40.3. The van der Waals surface area contributed by atoms with Crippen LogP contribution < -0.4 is 4.74 Å². The Morgan fingerprint density at radius 2 is 2.00 bits per heavy atom. The highest BCUT2D eigenvalue weighted by Crippen LogP contribution is 2.28. The summed E-state index contributed by atoms with van der Waals surface area (Å²) >= 11 is 5.51. The molecule has 0 N–H and O–H groups in total. The van der Waals surface area contributed by atoms with Gasteiger partial charge in [-0.3, -0.25) is 0 Å². The molecule has 0 fully saturated rings. The van der Waals surface area contributed by atoms with Gasteiger partial charge in [-0.2, -0.15) is 0 Å². The van der Waals surface area contributed by atoms with Crippen molar-refractivity contribution in [2.24, 2.45) is 0 Å². The Bertz CT molecular complexity index is 350. The normalized spacial score (nSPS) is 11.6. The van der Waals surface area contributed by atoms with E-state index in [9.17, 15) is 13.2 Å². The van der Waals surface area contributed by atoms with Crippen LogP contribution in [-0.2, 0) is 6.42 Å². The number of benzene rings is 1. The van der Waals surface area contributed by atoms with Gasteiger partial charge < -0.3 is 4.74 Å². The molecule has 90 valence electrons. The highest BCUT2D eigenvalue weighted by molar-refractivity contribution is 6.17. The minimum Gasteiger partial charge on any atom is -0.405 e. The predicted molar refractivity (Wildman–Crippen MR) is 56.9 cm³/mol. The van der Waals surface area contributed by atoms with E-state index in [-0.39, 0.29) is 5.75 Å². The van der Waals surface area contributed by atoms with E-state index >= 15 is 0 Å². The van der Waals surface area contributed by atoms with Gasteiger partial charge in [0, 0.05) is 5.88 Å². The first-order chi connectivity index (χ1) is 7.42. The molecule has 0 bridgehead atoms. The summed E-state index contributed by atoms with van der Waals surface area (Å²) in [6, 6.07) is 4.78. The van der Waals surface area contributed by atoms with E-state index in [0.29, 0.717) is 24.3 Å². The maximum absolute atomic E-state index is 12.1. The maximum atomic E-state index is 12.1. The van der Waals surface area contributed by atoms with Crippen molar-refractivity contribution in [2.75, 3.05) is 5.88 Å². The van der Waals surface area contributed by atoms with E-state index < -0.39 is 6.36 Å². The van der Waals surface area contributed by atoms with Gasteiger partial charge in [0.1, 0.15) is 5.75 Å². The number of ether oxygens (including phenoxy) is 1. The Morgan fingerprint density at radius 3 is 2.56 bits per heavy atom. The van der Waals surface area contributed by atoms with Crippen LogP contribution >= 0.6 is 11.6 Å². The second-order valence-electron chi connectivity index (χ2n) is 3.45. The third-order valence-corrected chi connectivity index (χ3v) is 2.30. The van der Waals surface area contributed by atoms with Crippen molar-refractivity contribution in [1.29, 1.82) is 0 Å². The molecule has 16 heavy (non-hydrogen) atoms. The van der Waals surface area contributed by atoms with Crippen LogP contribution in [0, 0.1) is 6.92 Å². The van der Waals surface area contributed by atoms with E-state index in [0.717, 1.165) is 5.56 Å². The highest BCUT2D eigenvalue weighted by atomic mass is 35.5. The Morgan fingerprint density at radius 1 is 1.31 bits per heavy atom. The Labute approximate surface area is 97.2 Å². The summed E-state index contributed by atoms with van der Waals surface area (Å²) in [6.45, 7) is 1.72. The molecule has 0 aliphatic rings. The first-order valence-corrected chi connectivity index (χ1v) is 5.37. The van der Waals surface area contributed by atoms with Gasteiger partial charge in [0.25, 0.3) is 0 Å². The standard InChI is InChI=1S/C11H12ClF3O/c1-8-4-5-9(3-2-6-12)10(7-8)16-11(13,14)15/h4-5,7H,2-3,6H2,1H3. The van der Waals surface area contributed by atoms with Gasteiger partial charge in [0.05, 0.1) is 0 Å². The van der Waals surface area contributed by atoms with Crippen LogP contribution in [0.5, 0.6) is 5.75 Å². The van der Waals surface area contributed by atoms with Crippen LogP contribution in [0.3, 0.4) is 0 Å². The van der Waals surface area contributed by atoms with E-state index in [1.54, 1.807) is 19.1 Å². The third kappa shape index (κ3) is 4.31. The van der Waals surface area contributed by atoms with Crippen molar-refractivity contribution in [3.05, 3.63) is 29.3 Å². The van der Waals surface area contributed by atoms with Crippen LogP contribution in [0.1, 0.15) is 17.5 Å². The van der Waals surface area contributed by atoms with E-state index in [1.807, 2.05) is 0 Å². The van der Waals surface area contributed by atoms with Gasteiger partial charge >= 0.3 is 6.36 Å². The van der Waals surface area contributed by atoms with Crippen LogP contribution in [0.4, 0.5) is 13.2 Å². The number of halogens is 4. The summed E-state index contributed by atoms with van der Waals surface area (Å²) in [7, 11) is 0. The second kappa shape index (κ2) is 5.43. The van der Waals surface area contributed by atoms with Gasteiger partial charge in [-0.1, -0.05) is 12.1 Å². The maximum Gasteiger partial charge on any atom is 0.573 e. The zero-order valence-electron chi connectivity index (χ0n) is 8.77. The topological polar surface area (TPSA) is 9.23 Å². The molecular formula is C11H12ClF3O. The lowest BCUT2D eigenvalue weighted by atomic mass is 10.1. The molecule has 0 atom stereocenters. The van der Waals surface area contributed by atoms with E-state index in [4.69, 9.17) is 11.6 Å². The fourth-order valence-electron chi connectivity index (χ4n) is 1.35. The quantitative estimate of drug-likeness (QED) is 0.734. The molecule has 0 saturated heterocycles. The lowest BCUT2D eigenvalue weighted by Gasteiger charge is -2.13. The van der Waals surface area contributed by atoms with Crippen molar-refractivity contribution in [3.8, 4) is 5.75 Å². The average molecular weight is 253 g/mol. The molecule has 1 rings (SSSR count). The third-order valence-electron chi connectivity index (χ3n) is 2.03. The largest absolute Gasteiger partial charge is 0.573 e. The SMILES string of the molecule is Cc1ccc(CCCCl)c(OC(F)(F)F)c1. The molecular weight excluding hydrogens is 241 g/mol. The van der Waals surface area contributed by atoms with Gasteiger partial charge in [0.15, 0.2) is 0 Å². The summed E-state index contributed by atoms with van der Waals surface area (Å²) in [6.07, 6.45) is -3.54. The molecule has 0 radical (unpaired) electrons.